The number of benzene rings is 1. The summed E-state index contributed by atoms with van der Waals surface area (Å²) in [6.45, 7) is 7.55. The van der Waals surface area contributed by atoms with Gasteiger partial charge in [0.2, 0.25) is 5.91 Å². The summed E-state index contributed by atoms with van der Waals surface area (Å²) in [5.74, 6) is 0.966. The largest absolute Gasteiger partial charge is 0.352 e. The van der Waals surface area contributed by atoms with Crippen LogP contribution < -0.4 is 11.1 Å². The van der Waals surface area contributed by atoms with Gasteiger partial charge in [-0.2, -0.15) is 0 Å². The normalized spacial score (nSPS) is 12.5. The fourth-order valence-corrected chi connectivity index (χ4v) is 2.29. The Morgan fingerprint density at radius 3 is 2.68 bits per heavy atom. The number of nitrogens with two attached hydrogens (primary N) is 1. The van der Waals surface area contributed by atoms with Crippen molar-refractivity contribution in [3.63, 3.8) is 0 Å². The number of amides is 1. The summed E-state index contributed by atoms with van der Waals surface area (Å²) in [5, 5.41) is 2.97. The lowest BCUT2D eigenvalue weighted by molar-refractivity contribution is -0.122. The third-order valence-corrected chi connectivity index (χ3v) is 3.18. The quantitative estimate of drug-likeness (QED) is 0.793. The van der Waals surface area contributed by atoms with Crippen LogP contribution in [0.25, 0.3) is 0 Å². The van der Waals surface area contributed by atoms with Gasteiger partial charge < -0.3 is 11.1 Å². The molecule has 1 amide bonds. The summed E-state index contributed by atoms with van der Waals surface area (Å²) in [6.07, 6.45) is 1.54. The molecule has 0 aliphatic carbocycles. The number of nitrogens with one attached hydrogen (secondary N) is 1. The summed E-state index contributed by atoms with van der Waals surface area (Å²) in [6, 6.07) is 8.19. The van der Waals surface area contributed by atoms with Crippen molar-refractivity contribution in [2.45, 2.75) is 40.2 Å². The van der Waals surface area contributed by atoms with Crippen LogP contribution in [0.15, 0.2) is 24.3 Å². The lowest BCUT2D eigenvalue weighted by atomic mass is 9.94. The Kier molecular flexibility index (Phi) is 6.57. The predicted octanol–water partition coefficient (Wildman–Crippen LogP) is 2.62. The molecule has 0 fully saturated rings. The molecule has 0 unspecified atom stereocenters. The van der Waals surface area contributed by atoms with Gasteiger partial charge >= 0.3 is 0 Å². The molecule has 0 bridgehead atoms. The van der Waals surface area contributed by atoms with Crippen molar-refractivity contribution in [2.75, 3.05) is 6.54 Å². The van der Waals surface area contributed by atoms with Crippen molar-refractivity contribution in [3.8, 4) is 0 Å². The van der Waals surface area contributed by atoms with Gasteiger partial charge in [-0.05, 0) is 37.3 Å². The van der Waals surface area contributed by atoms with Crippen molar-refractivity contribution in [2.24, 2.45) is 17.6 Å². The minimum absolute atomic E-state index is 0.0950. The summed E-state index contributed by atoms with van der Waals surface area (Å²) in [5.41, 5.74) is 8.07. The Labute approximate surface area is 116 Å². The van der Waals surface area contributed by atoms with Gasteiger partial charge in [0, 0.05) is 13.0 Å². The second kappa shape index (κ2) is 7.95. The molecule has 1 rings (SSSR count). The molecule has 1 atom stereocenters. The first-order valence-electron chi connectivity index (χ1n) is 7.03. The van der Waals surface area contributed by atoms with Crippen LogP contribution in [0.4, 0.5) is 0 Å². The molecule has 0 saturated heterocycles. The Hall–Kier alpha value is -1.35. The van der Waals surface area contributed by atoms with Crippen LogP contribution in [-0.2, 0) is 11.3 Å². The standard InChI is InChI=1S/C16H26N2O/c1-12(2)7-15(10-17)9-16(19)18-11-14-6-4-5-13(3)8-14/h4-6,8,12,15H,7,9-11,17H2,1-3H3,(H,18,19)/t15-/m0/s1. The monoisotopic (exact) mass is 262 g/mol. The third-order valence-electron chi connectivity index (χ3n) is 3.18. The van der Waals surface area contributed by atoms with Crippen molar-refractivity contribution >= 4 is 5.91 Å². The summed E-state index contributed by atoms with van der Waals surface area (Å²) < 4.78 is 0. The maximum absolute atomic E-state index is 11.9. The van der Waals surface area contributed by atoms with Crippen molar-refractivity contribution in [1.82, 2.24) is 5.32 Å². The molecule has 1 aromatic carbocycles. The van der Waals surface area contributed by atoms with E-state index in [1.807, 2.05) is 12.1 Å². The minimum atomic E-state index is 0.0950. The van der Waals surface area contributed by atoms with Crippen LogP contribution in [0, 0.1) is 18.8 Å². The Morgan fingerprint density at radius 1 is 1.37 bits per heavy atom. The Balaban J connectivity index is 2.38. The zero-order valence-corrected chi connectivity index (χ0v) is 12.3. The predicted molar refractivity (Wildman–Crippen MR) is 79.6 cm³/mol. The van der Waals surface area contributed by atoms with Gasteiger partial charge in [-0.25, -0.2) is 0 Å². The van der Waals surface area contributed by atoms with E-state index >= 15 is 0 Å². The van der Waals surface area contributed by atoms with E-state index in [0.29, 0.717) is 25.4 Å². The Bertz CT molecular complexity index is 401. The van der Waals surface area contributed by atoms with E-state index in [0.717, 1.165) is 12.0 Å². The van der Waals surface area contributed by atoms with Crippen LogP contribution in [0.3, 0.4) is 0 Å². The lowest BCUT2D eigenvalue weighted by Crippen LogP contribution is -2.28. The number of carbonyl (C=O) groups is 1. The summed E-state index contributed by atoms with van der Waals surface area (Å²) >= 11 is 0. The van der Waals surface area contributed by atoms with Crippen molar-refractivity contribution in [3.05, 3.63) is 35.4 Å². The van der Waals surface area contributed by atoms with E-state index in [1.54, 1.807) is 0 Å². The van der Waals surface area contributed by atoms with Crippen LogP contribution in [0.2, 0.25) is 0 Å². The van der Waals surface area contributed by atoms with Crippen LogP contribution >= 0.6 is 0 Å². The van der Waals surface area contributed by atoms with Crippen LogP contribution in [0.1, 0.15) is 37.8 Å². The molecule has 0 aliphatic heterocycles. The first-order chi connectivity index (χ1) is 9.01. The van der Waals surface area contributed by atoms with E-state index in [2.05, 4.69) is 38.2 Å². The number of hydrogen-bond donors (Lipinski definition) is 2. The van der Waals surface area contributed by atoms with Gasteiger partial charge in [-0.1, -0.05) is 43.7 Å². The van der Waals surface area contributed by atoms with Crippen LogP contribution in [-0.4, -0.2) is 12.5 Å². The zero-order chi connectivity index (χ0) is 14.3. The van der Waals surface area contributed by atoms with Crippen molar-refractivity contribution < 1.29 is 4.79 Å². The van der Waals surface area contributed by atoms with E-state index < -0.39 is 0 Å². The number of carbonyl (C=O) groups excluding carboxylic acids is 1. The maximum atomic E-state index is 11.9. The SMILES string of the molecule is Cc1cccc(CNC(=O)C[C@@H](CN)CC(C)C)c1. The van der Waals surface area contributed by atoms with Gasteiger partial charge in [0.05, 0.1) is 0 Å². The molecule has 1 aromatic rings. The molecular weight excluding hydrogens is 236 g/mol. The number of aryl methyl sites for hydroxylation is 1. The first-order valence-corrected chi connectivity index (χ1v) is 7.03. The van der Waals surface area contributed by atoms with E-state index in [1.165, 1.54) is 5.56 Å². The third kappa shape index (κ3) is 6.39. The van der Waals surface area contributed by atoms with Gasteiger partial charge in [0.1, 0.15) is 0 Å². The van der Waals surface area contributed by atoms with Gasteiger partial charge in [-0.15, -0.1) is 0 Å². The molecule has 0 heterocycles. The second-order valence-electron chi connectivity index (χ2n) is 5.70. The lowest BCUT2D eigenvalue weighted by Gasteiger charge is -2.16. The van der Waals surface area contributed by atoms with E-state index in [4.69, 9.17) is 5.73 Å². The van der Waals surface area contributed by atoms with Crippen LogP contribution in [0.5, 0.6) is 0 Å². The molecular formula is C16H26N2O. The average molecular weight is 262 g/mol. The maximum Gasteiger partial charge on any atom is 0.220 e. The first kappa shape index (κ1) is 15.7. The summed E-state index contributed by atoms with van der Waals surface area (Å²) in [4.78, 5) is 11.9. The molecule has 3 heteroatoms. The fourth-order valence-electron chi connectivity index (χ4n) is 2.29. The zero-order valence-electron chi connectivity index (χ0n) is 12.3. The van der Waals surface area contributed by atoms with Crippen molar-refractivity contribution in [1.29, 1.82) is 0 Å². The topological polar surface area (TPSA) is 55.1 Å². The van der Waals surface area contributed by atoms with Gasteiger partial charge in [0.25, 0.3) is 0 Å². The molecule has 0 spiro atoms. The molecule has 0 aliphatic rings. The number of rotatable bonds is 7. The highest BCUT2D eigenvalue weighted by atomic mass is 16.1. The summed E-state index contributed by atoms with van der Waals surface area (Å²) in [7, 11) is 0. The molecule has 3 N–H and O–H groups in total. The molecule has 106 valence electrons. The smallest absolute Gasteiger partial charge is 0.220 e. The van der Waals surface area contributed by atoms with E-state index in [-0.39, 0.29) is 11.8 Å². The van der Waals surface area contributed by atoms with Gasteiger partial charge in [-0.3, -0.25) is 4.79 Å². The number of hydrogen-bond acceptors (Lipinski definition) is 2. The fraction of sp³-hybridized carbons (Fsp3) is 0.562. The second-order valence-corrected chi connectivity index (χ2v) is 5.70. The highest BCUT2D eigenvalue weighted by molar-refractivity contribution is 5.76. The highest BCUT2D eigenvalue weighted by Gasteiger charge is 2.13. The molecule has 3 nitrogen and oxygen atoms in total. The molecule has 0 saturated carbocycles. The Morgan fingerprint density at radius 2 is 2.11 bits per heavy atom. The molecule has 0 aromatic heterocycles. The minimum Gasteiger partial charge on any atom is -0.352 e. The van der Waals surface area contributed by atoms with Gasteiger partial charge in [0.15, 0.2) is 0 Å². The molecule has 19 heavy (non-hydrogen) atoms. The molecule has 0 radical (unpaired) electrons. The highest BCUT2D eigenvalue weighted by Crippen LogP contribution is 2.14. The van der Waals surface area contributed by atoms with E-state index in [9.17, 15) is 4.79 Å². The average Bonchev–Trinajstić information content (AvgIpc) is 2.35.